The molecular weight excluding hydrogens is 262 g/mol. The van der Waals surface area contributed by atoms with E-state index in [1.165, 1.54) is 26.4 Å². The first kappa shape index (κ1) is 15.9. The maximum Gasteiger partial charge on any atom is 0.337 e. The van der Waals surface area contributed by atoms with Crippen LogP contribution in [0.3, 0.4) is 0 Å². The largest absolute Gasteiger partial charge is 0.465 e. The number of anilines is 1. The van der Waals surface area contributed by atoms with Gasteiger partial charge >= 0.3 is 5.97 Å². The van der Waals surface area contributed by atoms with Gasteiger partial charge in [-0.05, 0) is 61.3 Å². The highest BCUT2D eigenvalue weighted by atomic mass is 16.5. The summed E-state index contributed by atoms with van der Waals surface area (Å²) in [7, 11) is 1.41. The number of hydrogen-bond donors (Lipinski definition) is 1. The predicted molar refractivity (Wildman–Crippen MR) is 86.7 cm³/mol. The summed E-state index contributed by atoms with van der Waals surface area (Å²) in [5.74, 6) is 0.380. The molecule has 0 radical (unpaired) electrons. The molecule has 2 atom stereocenters. The third-order valence-corrected chi connectivity index (χ3v) is 4.68. The van der Waals surface area contributed by atoms with Gasteiger partial charge in [0, 0.05) is 11.7 Å². The summed E-state index contributed by atoms with van der Waals surface area (Å²) < 4.78 is 4.76. The Bertz CT molecular complexity index is 522. The predicted octanol–water partition coefficient (Wildman–Crippen LogP) is 4.41. The first-order chi connectivity index (χ1) is 9.82. The molecule has 2 rings (SSSR count). The van der Waals surface area contributed by atoms with Crippen LogP contribution in [0.5, 0.6) is 0 Å². The topological polar surface area (TPSA) is 38.3 Å². The average molecular weight is 289 g/mol. The molecule has 0 heterocycles. The summed E-state index contributed by atoms with van der Waals surface area (Å²) >= 11 is 0. The van der Waals surface area contributed by atoms with E-state index in [0.717, 1.165) is 11.3 Å². The van der Waals surface area contributed by atoms with Crippen LogP contribution < -0.4 is 5.32 Å². The maximum atomic E-state index is 11.5. The number of benzene rings is 1. The number of carbonyl (C=O) groups excluding carboxylic acids is 1. The minimum atomic E-state index is -0.280. The van der Waals surface area contributed by atoms with Crippen molar-refractivity contribution in [3.8, 4) is 0 Å². The van der Waals surface area contributed by atoms with Gasteiger partial charge in [0.15, 0.2) is 0 Å². The van der Waals surface area contributed by atoms with Crippen molar-refractivity contribution in [3.63, 3.8) is 0 Å². The molecule has 1 N–H and O–H groups in total. The minimum absolute atomic E-state index is 0.280. The average Bonchev–Trinajstić information content (AvgIpc) is 2.42. The molecule has 116 valence electrons. The van der Waals surface area contributed by atoms with Gasteiger partial charge in [0.2, 0.25) is 0 Å². The fourth-order valence-corrected chi connectivity index (χ4v) is 3.43. The van der Waals surface area contributed by atoms with Gasteiger partial charge in [-0.15, -0.1) is 0 Å². The molecule has 1 aromatic rings. The third-order valence-electron chi connectivity index (χ3n) is 4.68. The molecule has 1 saturated carbocycles. The highest BCUT2D eigenvalue weighted by molar-refractivity contribution is 5.90. The second-order valence-electron chi connectivity index (χ2n) is 7.16. The van der Waals surface area contributed by atoms with Crippen LogP contribution in [-0.4, -0.2) is 19.1 Å². The Balaban J connectivity index is 2.08. The van der Waals surface area contributed by atoms with E-state index in [9.17, 15) is 4.79 Å². The fraction of sp³-hybridized carbons (Fsp3) is 0.611. The Morgan fingerprint density at radius 2 is 2.10 bits per heavy atom. The molecule has 0 spiro atoms. The number of ether oxygens (including phenoxy) is 1. The second-order valence-corrected chi connectivity index (χ2v) is 7.16. The summed E-state index contributed by atoms with van der Waals surface area (Å²) in [5.41, 5.74) is 3.29. The quantitative estimate of drug-likeness (QED) is 0.838. The number of hydrogen-bond acceptors (Lipinski definition) is 3. The Labute approximate surface area is 128 Å². The molecule has 2 unspecified atom stereocenters. The molecular formula is C18H27NO2. The summed E-state index contributed by atoms with van der Waals surface area (Å²) in [6, 6.07) is 6.24. The third kappa shape index (κ3) is 3.78. The van der Waals surface area contributed by atoms with Crippen LogP contribution in [0.4, 0.5) is 5.69 Å². The Hall–Kier alpha value is -1.51. The van der Waals surface area contributed by atoms with Gasteiger partial charge in [0.25, 0.3) is 0 Å². The van der Waals surface area contributed by atoms with Crippen LogP contribution >= 0.6 is 0 Å². The molecule has 0 aliphatic heterocycles. The minimum Gasteiger partial charge on any atom is -0.465 e. The van der Waals surface area contributed by atoms with E-state index in [4.69, 9.17) is 4.74 Å². The number of methoxy groups -OCH3 is 1. The second kappa shape index (κ2) is 6.08. The van der Waals surface area contributed by atoms with E-state index in [1.54, 1.807) is 0 Å². The van der Waals surface area contributed by atoms with Crippen LogP contribution in [0.2, 0.25) is 0 Å². The first-order valence-corrected chi connectivity index (χ1v) is 7.78. The van der Waals surface area contributed by atoms with Crippen LogP contribution in [-0.2, 0) is 4.74 Å². The standard InChI is InChI=1S/C18H27NO2/c1-12-10-14(17(20)21-5)6-7-15(12)19-16-8-9-18(3,4)11-13(16)2/h6-7,10,13,16,19H,8-9,11H2,1-5H3. The van der Waals surface area contributed by atoms with Crippen molar-refractivity contribution in [2.45, 2.75) is 53.0 Å². The maximum absolute atomic E-state index is 11.5. The number of rotatable bonds is 3. The molecule has 3 heteroatoms. The Kier molecular flexibility index (Phi) is 4.60. The number of aryl methyl sites for hydroxylation is 1. The number of nitrogens with one attached hydrogen (secondary N) is 1. The lowest BCUT2D eigenvalue weighted by Gasteiger charge is -2.40. The SMILES string of the molecule is COC(=O)c1ccc(NC2CCC(C)(C)CC2C)c(C)c1. The van der Waals surface area contributed by atoms with Gasteiger partial charge in [-0.1, -0.05) is 20.8 Å². The number of carbonyl (C=O) groups is 1. The molecule has 0 amide bonds. The molecule has 3 nitrogen and oxygen atoms in total. The van der Waals surface area contributed by atoms with E-state index < -0.39 is 0 Å². The van der Waals surface area contributed by atoms with Gasteiger partial charge in [0.1, 0.15) is 0 Å². The van der Waals surface area contributed by atoms with Gasteiger partial charge in [0.05, 0.1) is 12.7 Å². The highest BCUT2D eigenvalue weighted by Gasteiger charge is 2.32. The molecule has 1 fully saturated rings. The lowest BCUT2D eigenvalue weighted by Crippen LogP contribution is -2.37. The van der Waals surface area contributed by atoms with E-state index in [1.807, 2.05) is 25.1 Å². The van der Waals surface area contributed by atoms with E-state index in [0.29, 0.717) is 22.9 Å². The zero-order valence-electron chi connectivity index (χ0n) is 13.8. The van der Waals surface area contributed by atoms with E-state index in [2.05, 4.69) is 26.1 Å². The summed E-state index contributed by atoms with van der Waals surface area (Å²) in [6.45, 7) is 9.08. The van der Waals surface area contributed by atoms with Crippen molar-refractivity contribution >= 4 is 11.7 Å². The fourth-order valence-electron chi connectivity index (χ4n) is 3.43. The molecule has 1 aromatic carbocycles. The van der Waals surface area contributed by atoms with Crippen molar-refractivity contribution in [2.75, 3.05) is 12.4 Å². The molecule has 0 aromatic heterocycles. The van der Waals surface area contributed by atoms with Crippen molar-refractivity contribution in [2.24, 2.45) is 11.3 Å². The lowest BCUT2D eigenvalue weighted by molar-refractivity contribution is 0.0600. The molecule has 1 aliphatic rings. The van der Waals surface area contributed by atoms with Gasteiger partial charge < -0.3 is 10.1 Å². The smallest absolute Gasteiger partial charge is 0.337 e. The van der Waals surface area contributed by atoms with Gasteiger partial charge in [-0.25, -0.2) is 4.79 Å². The monoisotopic (exact) mass is 289 g/mol. The van der Waals surface area contributed by atoms with E-state index >= 15 is 0 Å². The zero-order chi connectivity index (χ0) is 15.6. The van der Waals surface area contributed by atoms with Crippen LogP contribution in [0.1, 0.15) is 56.0 Å². The zero-order valence-corrected chi connectivity index (χ0v) is 13.8. The lowest BCUT2D eigenvalue weighted by atomic mass is 9.70. The molecule has 0 bridgehead atoms. The van der Waals surface area contributed by atoms with Crippen LogP contribution in [0.25, 0.3) is 0 Å². The number of esters is 1. The van der Waals surface area contributed by atoms with Crippen molar-refractivity contribution in [3.05, 3.63) is 29.3 Å². The molecule has 0 saturated heterocycles. The normalized spacial score (nSPS) is 24.4. The van der Waals surface area contributed by atoms with Crippen LogP contribution in [0.15, 0.2) is 18.2 Å². The Morgan fingerprint density at radius 3 is 2.67 bits per heavy atom. The van der Waals surface area contributed by atoms with Gasteiger partial charge in [-0.3, -0.25) is 0 Å². The van der Waals surface area contributed by atoms with Crippen molar-refractivity contribution < 1.29 is 9.53 Å². The molecule has 21 heavy (non-hydrogen) atoms. The van der Waals surface area contributed by atoms with E-state index in [-0.39, 0.29) is 5.97 Å². The summed E-state index contributed by atoms with van der Waals surface area (Å²) in [5, 5.41) is 3.67. The Morgan fingerprint density at radius 1 is 1.38 bits per heavy atom. The van der Waals surface area contributed by atoms with Gasteiger partial charge in [-0.2, -0.15) is 0 Å². The first-order valence-electron chi connectivity index (χ1n) is 7.78. The van der Waals surface area contributed by atoms with Crippen molar-refractivity contribution in [1.82, 2.24) is 0 Å². The van der Waals surface area contributed by atoms with Crippen LogP contribution in [0, 0.1) is 18.3 Å². The highest BCUT2D eigenvalue weighted by Crippen LogP contribution is 2.39. The summed E-state index contributed by atoms with van der Waals surface area (Å²) in [4.78, 5) is 11.5. The summed E-state index contributed by atoms with van der Waals surface area (Å²) in [6.07, 6.45) is 3.71. The van der Waals surface area contributed by atoms with Crippen molar-refractivity contribution in [1.29, 1.82) is 0 Å². The molecule has 1 aliphatic carbocycles.